The number of esters is 1. The van der Waals surface area contributed by atoms with Gasteiger partial charge in [-0.05, 0) is 30.2 Å². The lowest BCUT2D eigenvalue weighted by Crippen LogP contribution is -2.35. The zero-order chi connectivity index (χ0) is 18.2. The van der Waals surface area contributed by atoms with Crippen molar-refractivity contribution in [2.45, 2.75) is 13.3 Å². The quantitative estimate of drug-likeness (QED) is 0.723. The highest BCUT2D eigenvalue weighted by atomic mass is 35.5. The second kappa shape index (κ2) is 9.19. The van der Waals surface area contributed by atoms with E-state index in [9.17, 15) is 14.4 Å². The van der Waals surface area contributed by atoms with Crippen LogP contribution in [0.3, 0.4) is 0 Å². The van der Waals surface area contributed by atoms with Crippen molar-refractivity contribution in [2.24, 2.45) is 0 Å². The minimum Gasteiger partial charge on any atom is -0.451 e. The first kappa shape index (κ1) is 19.0. The number of aryl methyl sites for hydroxylation is 1. The molecule has 0 fully saturated rings. The zero-order valence-electron chi connectivity index (χ0n) is 13.5. The van der Waals surface area contributed by atoms with Crippen molar-refractivity contribution in [3.05, 3.63) is 51.2 Å². The smallest absolute Gasteiger partial charge is 0.348 e. The van der Waals surface area contributed by atoms with Gasteiger partial charge in [-0.3, -0.25) is 9.59 Å². The van der Waals surface area contributed by atoms with Gasteiger partial charge in [-0.2, -0.15) is 0 Å². The van der Waals surface area contributed by atoms with Crippen molar-refractivity contribution in [1.29, 1.82) is 0 Å². The predicted molar refractivity (Wildman–Crippen MR) is 97.1 cm³/mol. The molecule has 2 N–H and O–H groups in total. The van der Waals surface area contributed by atoms with Gasteiger partial charge in [0.05, 0.1) is 10.9 Å². The van der Waals surface area contributed by atoms with Crippen molar-refractivity contribution >= 4 is 46.4 Å². The number of carbonyl (C=O) groups excluding carboxylic acids is 3. The minimum absolute atomic E-state index is 0.209. The SMILES string of the molecule is CCc1ccccc1NC(=O)CNC(=O)COC(=O)c1ccc(Cl)s1. The molecule has 0 saturated carbocycles. The standard InChI is InChI=1S/C17H17ClN2O4S/c1-2-11-5-3-4-6-12(11)20-15(21)9-19-16(22)10-24-17(23)13-7-8-14(18)25-13/h3-8H,2,9-10H2,1H3,(H,19,22)(H,20,21). The summed E-state index contributed by atoms with van der Waals surface area (Å²) in [5, 5.41) is 5.14. The normalized spacial score (nSPS) is 10.2. The van der Waals surface area contributed by atoms with Crippen molar-refractivity contribution in [3.8, 4) is 0 Å². The Morgan fingerprint density at radius 3 is 2.56 bits per heavy atom. The second-order valence-electron chi connectivity index (χ2n) is 5.02. The number of nitrogens with one attached hydrogen (secondary N) is 2. The first-order valence-electron chi connectivity index (χ1n) is 7.56. The molecular formula is C17H17ClN2O4S. The van der Waals surface area contributed by atoms with E-state index in [1.807, 2.05) is 25.1 Å². The lowest BCUT2D eigenvalue weighted by atomic mass is 10.1. The number of ether oxygens (including phenoxy) is 1. The molecule has 2 aromatic rings. The number of amides is 2. The van der Waals surface area contributed by atoms with Crippen molar-refractivity contribution in [3.63, 3.8) is 0 Å². The van der Waals surface area contributed by atoms with Crippen LogP contribution < -0.4 is 10.6 Å². The number of carbonyl (C=O) groups is 3. The molecule has 0 radical (unpaired) electrons. The number of anilines is 1. The average Bonchev–Trinajstić information content (AvgIpc) is 3.05. The number of hydrogen-bond acceptors (Lipinski definition) is 5. The molecule has 2 amide bonds. The number of halogens is 1. The van der Waals surface area contributed by atoms with Gasteiger partial charge < -0.3 is 15.4 Å². The summed E-state index contributed by atoms with van der Waals surface area (Å²) in [7, 11) is 0. The fraction of sp³-hybridized carbons (Fsp3) is 0.235. The van der Waals surface area contributed by atoms with Gasteiger partial charge in [0.1, 0.15) is 4.88 Å². The number of rotatable bonds is 7. The zero-order valence-corrected chi connectivity index (χ0v) is 15.1. The summed E-state index contributed by atoms with van der Waals surface area (Å²) in [6.45, 7) is 1.31. The molecular weight excluding hydrogens is 364 g/mol. The highest BCUT2D eigenvalue weighted by molar-refractivity contribution is 7.17. The van der Waals surface area contributed by atoms with Crippen LogP contribution >= 0.6 is 22.9 Å². The third-order valence-electron chi connectivity index (χ3n) is 3.23. The Balaban J connectivity index is 1.74. The lowest BCUT2D eigenvalue weighted by molar-refractivity contribution is -0.126. The molecule has 0 saturated heterocycles. The van der Waals surface area contributed by atoms with Crippen LogP contribution in [-0.4, -0.2) is 30.9 Å². The third kappa shape index (κ3) is 5.88. The Morgan fingerprint density at radius 2 is 1.88 bits per heavy atom. The van der Waals surface area contributed by atoms with Gasteiger partial charge in [0.2, 0.25) is 5.91 Å². The van der Waals surface area contributed by atoms with E-state index in [2.05, 4.69) is 10.6 Å². The molecule has 0 aliphatic carbocycles. The molecule has 0 unspecified atom stereocenters. The Hall–Kier alpha value is -2.38. The predicted octanol–water partition coefficient (Wildman–Crippen LogP) is 2.88. The van der Waals surface area contributed by atoms with Crippen molar-refractivity contribution < 1.29 is 19.1 Å². The van der Waals surface area contributed by atoms with Gasteiger partial charge in [-0.15, -0.1) is 11.3 Å². The van der Waals surface area contributed by atoms with E-state index >= 15 is 0 Å². The maximum Gasteiger partial charge on any atom is 0.348 e. The highest BCUT2D eigenvalue weighted by Gasteiger charge is 2.13. The first-order chi connectivity index (χ1) is 12.0. The third-order valence-corrected chi connectivity index (χ3v) is 4.44. The molecule has 0 spiro atoms. The van der Waals surface area contributed by atoms with Crippen LogP contribution in [0.1, 0.15) is 22.2 Å². The molecule has 25 heavy (non-hydrogen) atoms. The van der Waals surface area contributed by atoms with E-state index in [-0.39, 0.29) is 12.5 Å². The van der Waals surface area contributed by atoms with E-state index in [1.165, 1.54) is 6.07 Å². The number of hydrogen-bond donors (Lipinski definition) is 2. The number of thiophene rings is 1. The summed E-state index contributed by atoms with van der Waals surface area (Å²) in [6.07, 6.45) is 0.783. The van der Waals surface area contributed by atoms with E-state index < -0.39 is 18.5 Å². The molecule has 132 valence electrons. The fourth-order valence-electron chi connectivity index (χ4n) is 2.00. The molecule has 0 aliphatic rings. The molecule has 8 heteroatoms. The highest BCUT2D eigenvalue weighted by Crippen LogP contribution is 2.21. The Bertz CT molecular complexity index is 776. The van der Waals surface area contributed by atoms with Gasteiger partial charge in [0.25, 0.3) is 5.91 Å². The van der Waals surface area contributed by atoms with Crippen LogP contribution in [0.4, 0.5) is 5.69 Å². The average molecular weight is 381 g/mol. The van der Waals surface area contributed by atoms with Crippen molar-refractivity contribution in [1.82, 2.24) is 5.32 Å². The van der Waals surface area contributed by atoms with Gasteiger partial charge in [-0.25, -0.2) is 4.79 Å². The molecule has 1 aromatic heterocycles. The van der Waals surface area contributed by atoms with E-state index in [4.69, 9.17) is 16.3 Å². The maximum atomic E-state index is 11.9. The first-order valence-corrected chi connectivity index (χ1v) is 8.76. The van der Waals surface area contributed by atoms with E-state index in [1.54, 1.807) is 12.1 Å². The largest absolute Gasteiger partial charge is 0.451 e. The van der Waals surface area contributed by atoms with Crippen LogP contribution in [0, 0.1) is 0 Å². The Kier molecular flexibility index (Phi) is 6.97. The number of para-hydroxylation sites is 1. The van der Waals surface area contributed by atoms with E-state index in [0.29, 0.717) is 14.9 Å². The van der Waals surface area contributed by atoms with Crippen LogP contribution in [0.25, 0.3) is 0 Å². The molecule has 1 heterocycles. The Morgan fingerprint density at radius 1 is 1.12 bits per heavy atom. The van der Waals surface area contributed by atoms with Crippen molar-refractivity contribution in [2.75, 3.05) is 18.5 Å². The topological polar surface area (TPSA) is 84.5 Å². The minimum atomic E-state index is -0.631. The fourth-order valence-corrected chi connectivity index (χ4v) is 2.94. The summed E-state index contributed by atoms with van der Waals surface area (Å²) in [6, 6.07) is 10.5. The maximum absolute atomic E-state index is 11.9. The molecule has 1 aromatic carbocycles. The van der Waals surface area contributed by atoms with Gasteiger partial charge >= 0.3 is 5.97 Å². The van der Waals surface area contributed by atoms with Crippen LogP contribution in [0.5, 0.6) is 0 Å². The summed E-state index contributed by atoms with van der Waals surface area (Å²) in [5.74, 6) is -1.55. The van der Waals surface area contributed by atoms with Crippen LogP contribution in [0.2, 0.25) is 4.34 Å². The monoisotopic (exact) mass is 380 g/mol. The Labute approximate surface area is 154 Å². The lowest BCUT2D eigenvalue weighted by Gasteiger charge is -2.10. The summed E-state index contributed by atoms with van der Waals surface area (Å²) in [5.41, 5.74) is 1.72. The van der Waals surface area contributed by atoms with Gasteiger partial charge in [-0.1, -0.05) is 36.7 Å². The molecule has 0 aliphatic heterocycles. The van der Waals surface area contributed by atoms with Crippen LogP contribution in [0.15, 0.2) is 36.4 Å². The van der Waals surface area contributed by atoms with E-state index in [0.717, 1.165) is 23.3 Å². The van der Waals surface area contributed by atoms with Crippen LogP contribution in [-0.2, 0) is 20.7 Å². The molecule has 0 atom stereocenters. The molecule has 0 bridgehead atoms. The summed E-state index contributed by atoms with van der Waals surface area (Å²) >= 11 is 6.79. The number of benzene rings is 1. The molecule has 2 rings (SSSR count). The van der Waals surface area contributed by atoms with Gasteiger partial charge in [0, 0.05) is 5.69 Å². The summed E-state index contributed by atoms with van der Waals surface area (Å²) < 4.78 is 5.32. The molecule has 6 nitrogen and oxygen atoms in total. The second-order valence-corrected chi connectivity index (χ2v) is 6.73. The van der Waals surface area contributed by atoms with Gasteiger partial charge in [0.15, 0.2) is 6.61 Å². The summed E-state index contributed by atoms with van der Waals surface area (Å²) in [4.78, 5) is 35.6.